The van der Waals surface area contributed by atoms with E-state index in [1.807, 2.05) is 49.4 Å². The number of nitrogens with zero attached hydrogens (tertiary/aromatic N) is 2. The highest BCUT2D eigenvalue weighted by molar-refractivity contribution is 6.30. The fourth-order valence-corrected chi connectivity index (χ4v) is 2.40. The van der Waals surface area contributed by atoms with Crippen LogP contribution in [0.2, 0.25) is 5.02 Å². The lowest BCUT2D eigenvalue weighted by Crippen LogP contribution is -2.26. The quantitative estimate of drug-likeness (QED) is 0.766. The summed E-state index contributed by atoms with van der Waals surface area (Å²) < 4.78 is 5.45. The van der Waals surface area contributed by atoms with Crippen LogP contribution in [0.5, 0.6) is 0 Å². The molecule has 1 unspecified atom stereocenters. The molecular formula is C18H16ClN3O2. The summed E-state index contributed by atoms with van der Waals surface area (Å²) in [5, 5.41) is 11.3. The van der Waals surface area contributed by atoms with E-state index >= 15 is 0 Å². The van der Waals surface area contributed by atoms with E-state index in [0.717, 1.165) is 11.1 Å². The van der Waals surface area contributed by atoms with Gasteiger partial charge in [0.1, 0.15) is 0 Å². The molecule has 0 aliphatic rings. The van der Waals surface area contributed by atoms with E-state index < -0.39 is 0 Å². The fraction of sp³-hybridized carbons (Fsp3) is 0.167. The largest absolute Gasteiger partial charge is 0.417 e. The monoisotopic (exact) mass is 341 g/mol. The van der Waals surface area contributed by atoms with E-state index in [1.165, 1.54) is 0 Å². The number of aromatic nitrogens is 2. The second kappa shape index (κ2) is 7.27. The Bertz CT molecular complexity index is 816. The van der Waals surface area contributed by atoms with Crippen molar-refractivity contribution in [2.75, 3.05) is 0 Å². The second-order valence-electron chi connectivity index (χ2n) is 5.41. The molecule has 1 atom stereocenters. The van der Waals surface area contributed by atoms with E-state index in [1.54, 1.807) is 12.1 Å². The van der Waals surface area contributed by atoms with Gasteiger partial charge in [0, 0.05) is 5.02 Å². The Hall–Kier alpha value is -2.66. The molecule has 0 bridgehead atoms. The van der Waals surface area contributed by atoms with Crippen LogP contribution < -0.4 is 5.32 Å². The Kier molecular flexibility index (Phi) is 4.91. The van der Waals surface area contributed by atoms with E-state index in [2.05, 4.69) is 15.5 Å². The number of hydrogen-bond donors (Lipinski definition) is 1. The van der Waals surface area contributed by atoms with Gasteiger partial charge in [-0.2, -0.15) is 0 Å². The Morgan fingerprint density at radius 1 is 1.12 bits per heavy atom. The molecule has 1 heterocycles. The molecular weight excluding hydrogens is 326 g/mol. The van der Waals surface area contributed by atoms with Crippen molar-refractivity contribution in [1.82, 2.24) is 15.5 Å². The summed E-state index contributed by atoms with van der Waals surface area (Å²) in [5.74, 6) is -0.0437. The van der Waals surface area contributed by atoms with Gasteiger partial charge < -0.3 is 9.73 Å². The maximum absolute atomic E-state index is 12.2. The van der Waals surface area contributed by atoms with Crippen molar-refractivity contribution in [1.29, 1.82) is 0 Å². The first-order chi connectivity index (χ1) is 11.6. The maximum atomic E-state index is 12.2. The average molecular weight is 342 g/mol. The molecule has 0 radical (unpaired) electrons. The van der Waals surface area contributed by atoms with Gasteiger partial charge in [0.05, 0.1) is 12.5 Å². The minimum absolute atomic E-state index is 0.0401. The summed E-state index contributed by atoms with van der Waals surface area (Å²) in [6.07, 6.45) is 0.450. The third-order valence-corrected chi connectivity index (χ3v) is 3.83. The second-order valence-corrected chi connectivity index (χ2v) is 5.85. The molecule has 6 heteroatoms. The lowest BCUT2D eigenvalue weighted by atomic mass is 10.1. The molecule has 1 aromatic heterocycles. The fourth-order valence-electron chi connectivity index (χ4n) is 2.28. The summed E-state index contributed by atoms with van der Waals surface area (Å²) in [6.45, 7) is 1.90. The molecule has 0 saturated heterocycles. The molecule has 0 aliphatic heterocycles. The van der Waals surface area contributed by atoms with Crippen molar-refractivity contribution >= 4 is 17.5 Å². The van der Waals surface area contributed by atoms with Crippen LogP contribution in [-0.2, 0) is 6.42 Å². The van der Waals surface area contributed by atoms with Crippen LogP contribution in [0.4, 0.5) is 0 Å². The van der Waals surface area contributed by atoms with Gasteiger partial charge in [-0.25, -0.2) is 0 Å². The Balaban J connectivity index is 1.64. The van der Waals surface area contributed by atoms with E-state index in [-0.39, 0.29) is 17.8 Å². The van der Waals surface area contributed by atoms with Gasteiger partial charge in [-0.05, 0) is 30.2 Å². The molecule has 2 aromatic carbocycles. The highest BCUT2D eigenvalue weighted by Gasteiger charge is 2.17. The van der Waals surface area contributed by atoms with Crippen molar-refractivity contribution in [2.45, 2.75) is 19.4 Å². The molecule has 0 saturated carbocycles. The summed E-state index contributed by atoms with van der Waals surface area (Å²) in [5.41, 5.74) is 1.99. The van der Waals surface area contributed by atoms with Crippen LogP contribution in [-0.4, -0.2) is 16.1 Å². The van der Waals surface area contributed by atoms with Crippen molar-refractivity contribution in [2.24, 2.45) is 0 Å². The normalized spacial score (nSPS) is 11.9. The van der Waals surface area contributed by atoms with Crippen molar-refractivity contribution in [3.8, 4) is 0 Å². The number of amides is 1. The Labute approximate surface area is 144 Å². The number of carbonyl (C=O) groups excluding carboxylic acids is 1. The van der Waals surface area contributed by atoms with E-state index in [4.69, 9.17) is 16.0 Å². The van der Waals surface area contributed by atoms with E-state index in [9.17, 15) is 4.79 Å². The average Bonchev–Trinajstić information content (AvgIpc) is 3.06. The zero-order valence-electron chi connectivity index (χ0n) is 13.1. The van der Waals surface area contributed by atoms with Gasteiger partial charge in [-0.1, -0.05) is 54.1 Å². The Morgan fingerprint density at radius 3 is 2.54 bits per heavy atom. The van der Waals surface area contributed by atoms with Crippen LogP contribution in [0.3, 0.4) is 0 Å². The minimum Gasteiger partial charge on any atom is -0.417 e. The molecule has 0 spiro atoms. The first-order valence-electron chi connectivity index (χ1n) is 7.54. The van der Waals surface area contributed by atoms with Crippen LogP contribution >= 0.6 is 11.6 Å². The topological polar surface area (TPSA) is 68.0 Å². The number of halogens is 1. The number of nitrogens with one attached hydrogen (secondary N) is 1. The molecule has 5 nitrogen and oxygen atoms in total. The van der Waals surface area contributed by atoms with Gasteiger partial charge in [-0.15, -0.1) is 10.2 Å². The van der Waals surface area contributed by atoms with Crippen LogP contribution in [0.1, 0.15) is 40.7 Å². The molecule has 0 fully saturated rings. The predicted octanol–water partition coefficient (Wildman–Crippen LogP) is 3.80. The molecule has 1 amide bonds. The molecule has 3 rings (SSSR count). The lowest BCUT2D eigenvalue weighted by Gasteiger charge is -2.12. The highest BCUT2D eigenvalue weighted by Crippen LogP contribution is 2.14. The van der Waals surface area contributed by atoms with Gasteiger partial charge in [0.25, 0.3) is 0 Å². The third-order valence-electron chi connectivity index (χ3n) is 3.58. The summed E-state index contributed by atoms with van der Waals surface area (Å²) in [6, 6.07) is 16.9. The van der Waals surface area contributed by atoms with Gasteiger partial charge >= 0.3 is 11.8 Å². The minimum atomic E-state index is -0.388. The molecule has 0 aliphatic carbocycles. The lowest BCUT2D eigenvalue weighted by molar-refractivity contribution is 0.0903. The van der Waals surface area contributed by atoms with Crippen molar-refractivity contribution in [3.63, 3.8) is 0 Å². The zero-order chi connectivity index (χ0) is 16.9. The van der Waals surface area contributed by atoms with Crippen molar-refractivity contribution < 1.29 is 9.21 Å². The predicted molar refractivity (Wildman–Crippen MR) is 90.9 cm³/mol. The number of rotatable bonds is 5. The Morgan fingerprint density at radius 2 is 1.83 bits per heavy atom. The van der Waals surface area contributed by atoms with Crippen LogP contribution in [0.15, 0.2) is 59.0 Å². The van der Waals surface area contributed by atoms with Gasteiger partial charge in [-0.3, -0.25) is 4.79 Å². The molecule has 3 aromatic rings. The molecule has 122 valence electrons. The summed E-state index contributed by atoms with van der Waals surface area (Å²) >= 11 is 5.85. The standard InChI is InChI=1S/C18H16ClN3O2/c1-12(14-5-3-2-4-6-14)20-17(23)18-22-21-16(24-18)11-13-7-9-15(19)10-8-13/h2-10,12H,11H2,1H3,(H,20,23). The SMILES string of the molecule is CC(NC(=O)c1nnc(Cc2ccc(Cl)cc2)o1)c1ccccc1. The number of carbonyl (C=O) groups is 1. The van der Waals surface area contributed by atoms with Crippen LogP contribution in [0, 0.1) is 0 Å². The smallest absolute Gasteiger partial charge is 0.309 e. The summed E-state index contributed by atoms with van der Waals surface area (Å²) in [7, 11) is 0. The van der Waals surface area contributed by atoms with E-state index in [0.29, 0.717) is 17.3 Å². The highest BCUT2D eigenvalue weighted by atomic mass is 35.5. The third kappa shape index (κ3) is 4.00. The first kappa shape index (κ1) is 16.2. The van der Waals surface area contributed by atoms with Crippen LogP contribution in [0.25, 0.3) is 0 Å². The molecule has 24 heavy (non-hydrogen) atoms. The molecule has 1 N–H and O–H groups in total. The first-order valence-corrected chi connectivity index (χ1v) is 7.92. The van der Waals surface area contributed by atoms with Gasteiger partial charge in [0.15, 0.2) is 0 Å². The number of benzene rings is 2. The van der Waals surface area contributed by atoms with Gasteiger partial charge in [0.2, 0.25) is 5.89 Å². The zero-order valence-corrected chi connectivity index (χ0v) is 13.8. The van der Waals surface area contributed by atoms with Crippen molar-refractivity contribution in [3.05, 3.63) is 82.5 Å². The number of hydrogen-bond acceptors (Lipinski definition) is 4. The maximum Gasteiger partial charge on any atom is 0.309 e. The summed E-state index contributed by atoms with van der Waals surface area (Å²) in [4.78, 5) is 12.2.